The molecule has 3 N–H and O–H groups in total. The zero-order valence-corrected chi connectivity index (χ0v) is 16.7. The topological polar surface area (TPSA) is 67.6 Å². The average molecular weight is 392 g/mol. The molecule has 0 fully saturated rings. The highest BCUT2D eigenvalue weighted by Crippen LogP contribution is 2.27. The van der Waals surface area contributed by atoms with Crippen LogP contribution in [0.1, 0.15) is 19.4 Å². The van der Waals surface area contributed by atoms with Crippen LogP contribution in [0.5, 0.6) is 0 Å². The van der Waals surface area contributed by atoms with Crippen LogP contribution in [0, 0.1) is 5.82 Å². The van der Waals surface area contributed by atoms with Gasteiger partial charge in [0.15, 0.2) is 0 Å². The minimum atomic E-state index is -0.568. The van der Waals surface area contributed by atoms with Crippen LogP contribution >= 0.6 is 11.9 Å². The number of anilines is 1. The maximum absolute atomic E-state index is 14.6. The lowest BCUT2D eigenvalue weighted by Crippen LogP contribution is -2.33. The molecule has 2 rings (SSSR count). The number of hydrogen-bond donors (Lipinski definition) is 2. The second-order valence-electron chi connectivity index (χ2n) is 6.10. The molecule has 0 saturated carbocycles. The van der Waals surface area contributed by atoms with Gasteiger partial charge in [-0.25, -0.2) is 9.18 Å². The van der Waals surface area contributed by atoms with Crippen LogP contribution in [-0.4, -0.2) is 31.5 Å². The van der Waals surface area contributed by atoms with Crippen molar-refractivity contribution < 1.29 is 13.9 Å². The largest absolute Gasteiger partial charge is 0.445 e. The van der Waals surface area contributed by atoms with Crippen LogP contribution in [0.4, 0.5) is 14.9 Å². The van der Waals surface area contributed by atoms with Crippen molar-refractivity contribution in [1.29, 1.82) is 0 Å². The zero-order valence-electron chi connectivity index (χ0n) is 15.9. The summed E-state index contributed by atoms with van der Waals surface area (Å²) in [5.74, 6) is 0.606. The SMILES string of the molecule is CCSNCc1ccc(-c2ccc(N(C)C(=O)OC(C)CN)cc2F)cc1. The molecule has 0 saturated heterocycles. The number of carbonyl (C=O) groups excluding carboxylic acids is 1. The molecule has 0 aliphatic heterocycles. The minimum absolute atomic E-state index is 0.232. The van der Waals surface area contributed by atoms with Gasteiger partial charge in [-0.05, 0) is 36.2 Å². The maximum Gasteiger partial charge on any atom is 0.414 e. The van der Waals surface area contributed by atoms with Crippen molar-refractivity contribution in [3.8, 4) is 11.1 Å². The van der Waals surface area contributed by atoms with Crippen LogP contribution in [0.15, 0.2) is 42.5 Å². The highest BCUT2D eigenvalue weighted by molar-refractivity contribution is 7.97. The number of carbonyl (C=O) groups is 1. The molecule has 1 atom stereocenters. The molecule has 0 aliphatic rings. The fourth-order valence-electron chi connectivity index (χ4n) is 2.39. The Kier molecular flexibility index (Phi) is 8.09. The van der Waals surface area contributed by atoms with Gasteiger partial charge in [0.25, 0.3) is 0 Å². The van der Waals surface area contributed by atoms with Crippen molar-refractivity contribution >= 4 is 23.7 Å². The van der Waals surface area contributed by atoms with Gasteiger partial charge in [0.1, 0.15) is 11.9 Å². The van der Waals surface area contributed by atoms with Crippen LogP contribution in [-0.2, 0) is 11.3 Å². The summed E-state index contributed by atoms with van der Waals surface area (Å²) >= 11 is 1.66. The van der Waals surface area contributed by atoms with Crippen molar-refractivity contribution in [1.82, 2.24) is 4.72 Å². The van der Waals surface area contributed by atoms with Gasteiger partial charge in [0, 0.05) is 37.1 Å². The Hall–Kier alpha value is -2.09. The van der Waals surface area contributed by atoms with Gasteiger partial charge in [-0.2, -0.15) is 0 Å². The van der Waals surface area contributed by atoms with Gasteiger partial charge in [-0.3, -0.25) is 9.62 Å². The molecule has 7 heteroatoms. The van der Waals surface area contributed by atoms with E-state index in [1.807, 2.05) is 24.3 Å². The summed E-state index contributed by atoms with van der Waals surface area (Å²) < 4.78 is 23.0. The van der Waals surface area contributed by atoms with E-state index in [-0.39, 0.29) is 6.54 Å². The minimum Gasteiger partial charge on any atom is -0.445 e. The molecule has 0 spiro atoms. The molecule has 0 aliphatic carbocycles. The van der Waals surface area contributed by atoms with Crippen molar-refractivity contribution in [2.45, 2.75) is 26.5 Å². The summed E-state index contributed by atoms with van der Waals surface area (Å²) in [6.07, 6.45) is -0.963. The Balaban J connectivity index is 2.10. The average Bonchev–Trinajstić information content (AvgIpc) is 2.68. The Morgan fingerprint density at radius 2 is 2.00 bits per heavy atom. The normalized spacial score (nSPS) is 11.9. The molecular formula is C20H26FN3O2S. The fraction of sp³-hybridized carbons (Fsp3) is 0.350. The third-order valence-corrected chi connectivity index (χ3v) is 4.67. The van der Waals surface area contributed by atoms with E-state index in [9.17, 15) is 9.18 Å². The van der Waals surface area contributed by atoms with Gasteiger partial charge < -0.3 is 10.5 Å². The summed E-state index contributed by atoms with van der Waals surface area (Å²) in [6, 6.07) is 12.4. The molecule has 146 valence electrons. The molecular weight excluding hydrogens is 365 g/mol. The van der Waals surface area contributed by atoms with Crippen LogP contribution in [0.3, 0.4) is 0 Å². The van der Waals surface area contributed by atoms with Gasteiger partial charge in [0.05, 0.1) is 0 Å². The van der Waals surface area contributed by atoms with Crippen molar-refractivity contribution in [3.05, 3.63) is 53.8 Å². The first-order valence-corrected chi connectivity index (χ1v) is 9.82. The van der Waals surface area contributed by atoms with Crippen molar-refractivity contribution in [2.75, 3.05) is 24.2 Å². The molecule has 5 nitrogen and oxygen atoms in total. The van der Waals surface area contributed by atoms with E-state index < -0.39 is 18.0 Å². The summed E-state index contributed by atoms with van der Waals surface area (Å²) in [5, 5.41) is 0. The third kappa shape index (κ3) is 5.95. The highest BCUT2D eigenvalue weighted by atomic mass is 32.2. The first-order valence-electron chi connectivity index (χ1n) is 8.84. The molecule has 0 radical (unpaired) electrons. The van der Waals surface area contributed by atoms with Gasteiger partial charge >= 0.3 is 6.09 Å². The van der Waals surface area contributed by atoms with Crippen LogP contribution < -0.4 is 15.4 Å². The van der Waals surface area contributed by atoms with E-state index >= 15 is 0 Å². The smallest absolute Gasteiger partial charge is 0.414 e. The van der Waals surface area contributed by atoms with Crippen LogP contribution in [0.2, 0.25) is 0 Å². The molecule has 0 bridgehead atoms. The molecule has 0 heterocycles. The number of nitrogens with one attached hydrogen (secondary N) is 1. The lowest BCUT2D eigenvalue weighted by Gasteiger charge is -2.20. The van der Waals surface area contributed by atoms with Crippen molar-refractivity contribution in [3.63, 3.8) is 0 Å². The third-order valence-electron chi connectivity index (χ3n) is 4.04. The van der Waals surface area contributed by atoms with E-state index in [2.05, 4.69) is 11.6 Å². The molecule has 0 aromatic heterocycles. The number of amides is 1. The van der Waals surface area contributed by atoms with E-state index in [0.717, 1.165) is 23.4 Å². The monoisotopic (exact) mass is 391 g/mol. The first-order chi connectivity index (χ1) is 13.0. The predicted octanol–water partition coefficient (Wildman–Crippen LogP) is 4.17. The number of rotatable bonds is 8. The Labute approximate surface area is 164 Å². The maximum atomic E-state index is 14.6. The quantitative estimate of drug-likeness (QED) is 0.522. The van der Waals surface area contributed by atoms with Gasteiger partial charge in [-0.1, -0.05) is 43.1 Å². The predicted molar refractivity (Wildman–Crippen MR) is 110 cm³/mol. The van der Waals surface area contributed by atoms with Gasteiger partial charge in [-0.15, -0.1) is 0 Å². The Morgan fingerprint density at radius 1 is 1.30 bits per heavy atom. The summed E-state index contributed by atoms with van der Waals surface area (Å²) in [5.41, 5.74) is 8.27. The first kappa shape index (κ1) is 21.2. The standard InChI is InChI=1S/C20H26FN3O2S/c1-4-27-23-13-15-5-7-16(8-6-15)18-10-9-17(11-19(18)21)24(3)20(25)26-14(2)12-22/h5-11,14,23H,4,12-13,22H2,1-3H3. The molecule has 2 aromatic carbocycles. The molecule has 27 heavy (non-hydrogen) atoms. The number of nitrogens with zero attached hydrogens (tertiary/aromatic N) is 1. The molecule has 1 amide bonds. The van der Waals surface area contributed by atoms with E-state index in [1.165, 1.54) is 18.0 Å². The molecule has 2 aromatic rings. The van der Waals surface area contributed by atoms with E-state index in [1.54, 1.807) is 31.0 Å². The number of hydrogen-bond acceptors (Lipinski definition) is 5. The van der Waals surface area contributed by atoms with E-state index in [4.69, 9.17) is 10.5 Å². The number of nitrogens with two attached hydrogens (primary N) is 1. The number of benzene rings is 2. The van der Waals surface area contributed by atoms with E-state index in [0.29, 0.717) is 11.3 Å². The number of halogens is 1. The highest BCUT2D eigenvalue weighted by Gasteiger charge is 2.17. The van der Waals surface area contributed by atoms with Crippen LogP contribution in [0.25, 0.3) is 11.1 Å². The summed E-state index contributed by atoms with van der Waals surface area (Å²) in [7, 11) is 1.54. The Morgan fingerprint density at radius 3 is 2.59 bits per heavy atom. The van der Waals surface area contributed by atoms with Gasteiger partial charge in [0.2, 0.25) is 0 Å². The zero-order chi connectivity index (χ0) is 19.8. The second kappa shape index (κ2) is 10.3. The Bertz CT molecular complexity index is 755. The lowest BCUT2D eigenvalue weighted by molar-refractivity contribution is 0.118. The molecule has 1 unspecified atom stereocenters. The second-order valence-corrected chi connectivity index (χ2v) is 7.26. The fourth-order valence-corrected chi connectivity index (χ4v) is 2.86. The summed E-state index contributed by atoms with van der Waals surface area (Å²) in [6.45, 7) is 4.78. The number of ether oxygens (including phenoxy) is 1. The lowest BCUT2D eigenvalue weighted by atomic mass is 10.0. The van der Waals surface area contributed by atoms with Crippen molar-refractivity contribution in [2.24, 2.45) is 5.73 Å². The summed E-state index contributed by atoms with van der Waals surface area (Å²) in [4.78, 5) is 13.3.